The molecule has 3 aromatic rings. The van der Waals surface area contributed by atoms with E-state index >= 15 is 0 Å². The Labute approximate surface area is 188 Å². The van der Waals surface area contributed by atoms with Gasteiger partial charge in [0.05, 0.1) is 12.4 Å². The fourth-order valence-corrected chi connectivity index (χ4v) is 3.81. The van der Waals surface area contributed by atoms with Gasteiger partial charge in [0.1, 0.15) is 5.75 Å². The third-order valence-corrected chi connectivity index (χ3v) is 5.67. The van der Waals surface area contributed by atoms with Gasteiger partial charge in [-0.2, -0.15) is 0 Å². The van der Waals surface area contributed by atoms with Crippen molar-refractivity contribution < 1.29 is 9.53 Å². The van der Waals surface area contributed by atoms with E-state index in [1.165, 1.54) is 17.3 Å². The summed E-state index contributed by atoms with van der Waals surface area (Å²) >= 11 is 1.39. The molecule has 0 radical (unpaired) electrons. The fraction of sp³-hybridized carbons (Fsp3) is 0.375. The third kappa shape index (κ3) is 6.34. The molecule has 1 N–H and O–H groups in total. The molecule has 0 aliphatic heterocycles. The van der Waals surface area contributed by atoms with Gasteiger partial charge in [-0.3, -0.25) is 4.79 Å². The van der Waals surface area contributed by atoms with E-state index in [4.69, 9.17) is 4.74 Å². The first kappa shape index (κ1) is 22.9. The van der Waals surface area contributed by atoms with Gasteiger partial charge >= 0.3 is 0 Å². The summed E-state index contributed by atoms with van der Waals surface area (Å²) in [6, 6.07) is 15.8. The average molecular weight is 439 g/mol. The van der Waals surface area contributed by atoms with Crippen molar-refractivity contribution in [2.45, 2.75) is 45.8 Å². The molecular formula is C24H30N4O2S. The van der Waals surface area contributed by atoms with Gasteiger partial charge in [0.2, 0.25) is 5.91 Å². The van der Waals surface area contributed by atoms with Crippen molar-refractivity contribution in [2.75, 3.05) is 17.7 Å². The first-order valence-corrected chi connectivity index (χ1v) is 11.7. The highest BCUT2D eigenvalue weighted by atomic mass is 32.2. The van der Waals surface area contributed by atoms with Crippen molar-refractivity contribution in [3.05, 3.63) is 54.1 Å². The van der Waals surface area contributed by atoms with E-state index in [0.717, 1.165) is 40.9 Å². The Morgan fingerprint density at radius 3 is 2.39 bits per heavy atom. The quantitative estimate of drug-likeness (QED) is 0.435. The first-order valence-electron chi connectivity index (χ1n) is 10.7. The van der Waals surface area contributed by atoms with Crippen LogP contribution in [0.15, 0.2) is 53.7 Å². The van der Waals surface area contributed by atoms with Gasteiger partial charge in [-0.1, -0.05) is 44.7 Å². The number of thioether (sulfide) groups is 1. The lowest BCUT2D eigenvalue weighted by molar-refractivity contribution is -0.113. The number of carbonyl (C=O) groups is 1. The lowest BCUT2D eigenvalue weighted by Gasteiger charge is -2.10. The van der Waals surface area contributed by atoms with E-state index < -0.39 is 0 Å². The fourth-order valence-electron chi connectivity index (χ4n) is 3.01. The highest BCUT2D eigenvalue weighted by molar-refractivity contribution is 7.99. The average Bonchev–Trinajstić information content (AvgIpc) is 3.20. The molecule has 0 aliphatic rings. The maximum Gasteiger partial charge on any atom is 0.234 e. The molecule has 31 heavy (non-hydrogen) atoms. The van der Waals surface area contributed by atoms with Crippen LogP contribution in [-0.2, 0) is 17.8 Å². The summed E-state index contributed by atoms with van der Waals surface area (Å²) < 4.78 is 7.78. The Morgan fingerprint density at radius 1 is 1.06 bits per heavy atom. The molecule has 2 aromatic carbocycles. The van der Waals surface area contributed by atoms with Crippen molar-refractivity contribution in [3.8, 4) is 17.1 Å². The Hall–Kier alpha value is -2.80. The second-order valence-corrected chi connectivity index (χ2v) is 8.61. The molecule has 0 bridgehead atoms. The number of benzene rings is 2. The largest absolute Gasteiger partial charge is 0.493 e. The summed E-state index contributed by atoms with van der Waals surface area (Å²) in [5.74, 6) is 2.33. The van der Waals surface area contributed by atoms with Gasteiger partial charge in [0.15, 0.2) is 11.0 Å². The number of amides is 1. The zero-order valence-electron chi connectivity index (χ0n) is 18.6. The molecule has 7 heteroatoms. The monoisotopic (exact) mass is 438 g/mol. The van der Waals surface area contributed by atoms with Crippen LogP contribution in [0, 0.1) is 5.92 Å². The number of rotatable bonds is 10. The molecule has 0 atom stereocenters. The molecule has 0 aliphatic carbocycles. The maximum atomic E-state index is 12.4. The van der Waals surface area contributed by atoms with E-state index in [9.17, 15) is 4.79 Å². The van der Waals surface area contributed by atoms with Crippen LogP contribution in [0.2, 0.25) is 0 Å². The first-order chi connectivity index (χ1) is 15.0. The van der Waals surface area contributed by atoms with Gasteiger partial charge in [-0.15, -0.1) is 10.2 Å². The summed E-state index contributed by atoms with van der Waals surface area (Å²) in [5, 5.41) is 12.3. The lowest BCUT2D eigenvalue weighted by atomic mass is 10.1. The standard InChI is InChI=1S/C24H30N4O2S/c1-5-18-7-11-20(12-8-18)25-22(29)16-31-24-27-26-23(28(24)6-2)19-9-13-21(14-10-19)30-15-17(3)4/h7-14,17H,5-6,15-16H2,1-4H3,(H,25,29). The molecule has 0 saturated heterocycles. The minimum Gasteiger partial charge on any atom is -0.493 e. The topological polar surface area (TPSA) is 69.0 Å². The molecule has 1 aromatic heterocycles. The van der Waals surface area contributed by atoms with E-state index in [1.54, 1.807) is 0 Å². The summed E-state index contributed by atoms with van der Waals surface area (Å²) in [6.45, 7) is 9.81. The number of nitrogens with zero attached hydrogens (tertiary/aromatic N) is 3. The normalized spacial score (nSPS) is 11.0. The zero-order valence-corrected chi connectivity index (χ0v) is 19.4. The molecular weight excluding hydrogens is 408 g/mol. The van der Waals surface area contributed by atoms with Crippen molar-refractivity contribution in [1.29, 1.82) is 0 Å². The highest BCUT2D eigenvalue weighted by Gasteiger charge is 2.15. The number of carbonyl (C=O) groups excluding carboxylic acids is 1. The van der Waals surface area contributed by atoms with Gasteiger partial charge in [0, 0.05) is 17.8 Å². The van der Waals surface area contributed by atoms with Crippen LogP contribution >= 0.6 is 11.8 Å². The highest BCUT2D eigenvalue weighted by Crippen LogP contribution is 2.26. The zero-order chi connectivity index (χ0) is 22.2. The van der Waals surface area contributed by atoms with Crippen molar-refractivity contribution >= 4 is 23.4 Å². The lowest BCUT2D eigenvalue weighted by Crippen LogP contribution is -2.14. The molecule has 0 saturated carbocycles. The molecule has 6 nitrogen and oxygen atoms in total. The number of hydrogen-bond donors (Lipinski definition) is 1. The van der Waals surface area contributed by atoms with Gasteiger partial charge < -0.3 is 14.6 Å². The SMILES string of the molecule is CCc1ccc(NC(=O)CSc2nnc(-c3ccc(OCC(C)C)cc3)n2CC)cc1. The molecule has 0 fully saturated rings. The predicted octanol–water partition coefficient (Wildman–Crippen LogP) is 5.29. The van der Waals surface area contributed by atoms with Crippen LogP contribution in [0.1, 0.15) is 33.3 Å². The number of anilines is 1. The van der Waals surface area contributed by atoms with E-state index in [-0.39, 0.29) is 11.7 Å². The van der Waals surface area contributed by atoms with E-state index in [2.05, 4.69) is 36.3 Å². The van der Waals surface area contributed by atoms with Gasteiger partial charge in [-0.25, -0.2) is 0 Å². The molecule has 1 amide bonds. The third-order valence-electron chi connectivity index (χ3n) is 4.71. The molecule has 1 heterocycles. The smallest absolute Gasteiger partial charge is 0.234 e. The summed E-state index contributed by atoms with van der Waals surface area (Å²) in [4.78, 5) is 12.4. The summed E-state index contributed by atoms with van der Waals surface area (Å²) in [5.41, 5.74) is 3.02. The van der Waals surface area contributed by atoms with Crippen LogP contribution < -0.4 is 10.1 Å². The van der Waals surface area contributed by atoms with Crippen LogP contribution in [0.25, 0.3) is 11.4 Å². The van der Waals surface area contributed by atoms with E-state index in [0.29, 0.717) is 12.5 Å². The van der Waals surface area contributed by atoms with Gasteiger partial charge in [-0.05, 0) is 61.2 Å². The molecule has 164 valence electrons. The van der Waals surface area contributed by atoms with Gasteiger partial charge in [0.25, 0.3) is 0 Å². The Bertz CT molecular complexity index is 982. The second kappa shape index (κ2) is 11.0. The number of aryl methyl sites for hydroxylation is 1. The Morgan fingerprint density at radius 2 is 1.77 bits per heavy atom. The minimum atomic E-state index is -0.0619. The number of aromatic nitrogens is 3. The van der Waals surface area contributed by atoms with E-state index in [1.807, 2.05) is 60.0 Å². The summed E-state index contributed by atoms with van der Waals surface area (Å²) in [6.07, 6.45) is 0.979. The number of hydrogen-bond acceptors (Lipinski definition) is 5. The molecule has 0 spiro atoms. The Kier molecular flexibility index (Phi) is 8.12. The van der Waals surface area contributed by atoms with Crippen LogP contribution in [0.3, 0.4) is 0 Å². The maximum absolute atomic E-state index is 12.4. The summed E-state index contributed by atoms with van der Waals surface area (Å²) in [7, 11) is 0. The molecule has 3 rings (SSSR count). The Balaban J connectivity index is 1.62. The second-order valence-electron chi connectivity index (χ2n) is 7.67. The van der Waals surface area contributed by atoms with Crippen LogP contribution in [0.4, 0.5) is 5.69 Å². The van der Waals surface area contributed by atoms with Crippen LogP contribution in [-0.4, -0.2) is 33.0 Å². The van der Waals surface area contributed by atoms with Crippen molar-refractivity contribution in [1.82, 2.24) is 14.8 Å². The minimum absolute atomic E-state index is 0.0619. The number of nitrogens with one attached hydrogen (secondary N) is 1. The predicted molar refractivity (Wildman–Crippen MR) is 127 cm³/mol. The molecule has 0 unspecified atom stereocenters. The number of ether oxygens (including phenoxy) is 1. The van der Waals surface area contributed by atoms with Crippen molar-refractivity contribution in [2.24, 2.45) is 5.92 Å². The van der Waals surface area contributed by atoms with Crippen LogP contribution in [0.5, 0.6) is 5.75 Å². The van der Waals surface area contributed by atoms with Crippen molar-refractivity contribution in [3.63, 3.8) is 0 Å².